The van der Waals surface area contributed by atoms with Gasteiger partial charge in [0.15, 0.2) is 0 Å². The van der Waals surface area contributed by atoms with Gasteiger partial charge in [-0.25, -0.2) is 4.79 Å². The van der Waals surface area contributed by atoms with E-state index < -0.39 is 11.6 Å². The molecule has 1 aromatic rings. The molecule has 0 unspecified atom stereocenters. The summed E-state index contributed by atoms with van der Waals surface area (Å²) in [4.78, 5) is 22.8. The van der Waals surface area contributed by atoms with Crippen LogP contribution in [-0.4, -0.2) is 30.6 Å². The molecule has 1 rings (SSSR count). The molecule has 0 aliphatic rings. The second-order valence-corrected chi connectivity index (χ2v) is 5.55. The Balaban J connectivity index is 2.18. The fourth-order valence-corrected chi connectivity index (χ4v) is 1.48. The van der Waals surface area contributed by atoms with Crippen LogP contribution in [0.2, 0.25) is 0 Å². The Labute approximate surface area is 131 Å². The van der Waals surface area contributed by atoms with Gasteiger partial charge in [-0.15, -0.1) is 0 Å². The van der Waals surface area contributed by atoms with Gasteiger partial charge in [0.1, 0.15) is 12.2 Å². The Morgan fingerprint density at radius 1 is 1.18 bits per heavy atom. The SMILES string of the molecule is CC(C)(C)OC(=O)CNCC#CC(=O)OCc1ccccc1. The molecule has 0 aliphatic heterocycles. The van der Waals surface area contributed by atoms with E-state index >= 15 is 0 Å². The lowest BCUT2D eigenvalue weighted by molar-refractivity contribution is -0.153. The van der Waals surface area contributed by atoms with Gasteiger partial charge in [-0.2, -0.15) is 0 Å². The molecule has 5 heteroatoms. The van der Waals surface area contributed by atoms with E-state index in [1.165, 1.54) is 0 Å². The molecule has 0 saturated heterocycles. The van der Waals surface area contributed by atoms with Crippen molar-refractivity contribution < 1.29 is 19.1 Å². The smallest absolute Gasteiger partial charge is 0.384 e. The van der Waals surface area contributed by atoms with Crippen molar-refractivity contribution in [1.29, 1.82) is 0 Å². The van der Waals surface area contributed by atoms with Crippen molar-refractivity contribution in [3.63, 3.8) is 0 Å². The zero-order valence-electron chi connectivity index (χ0n) is 13.1. The van der Waals surface area contributed by atoms with Gasteiger partial charge in [0, 0.05) is 5.92 Å². The Kier molecular flexibility index (Phi) is 7.14. The summed E-state index contributed by atoms with van der Waals surface area (Å²) < 4.78 is 10.1. The predicted octanol–water partition coefficient (Wildman–Crippen LogP) is 1.66. The van der Waals surface area contributed by atoms with Crippen molar-refractivity contribution in [3.8, 4) is 11.8 Å². The van der Waals surface area contributed by atoms with Crippen LogP contribution in [0.4, 0.5) is 0 Å². The largest absolute Gasteiger partial charge is 0.459 e. The van der Waals surface area contributed by atoms with Crippen LogP contribution in [0.5, 0.6) is 0 Å². The van der Waals surface area contributed by atoms with E-state index in [-0.39, 0.29) is 25.7 Å². The molecular weight excluding hydrogens is 282 g/mol. The maximum atomic E-state index is 11.4. The second-order valence-electron chi connectivity index (χ2n) is 5.55. The van der Waals surface area contributed by atoms with Crippen molar-refractivity contribution in [2.24, 2.45) is 0 Å². The molecule has 0 spiro atoms. The standard InChI is InChI=1S/C17H21NO4/c1-17(2,3)22-16(20)12-18-11-7-10-15(19)21-13-14-8-5-4-6-9-14/h4-6,8-9,18H,11-13H2,1-3H3. The number of carbonyl (C=O) groups excluding carboxylic acids is 2. The van der Waals surface area contributed by atoms with Crippen molar-refractivity contribution in [2.75, 3.05) is 13.1 Å². The molecule has 0 aromatic heterocycles. The van der Waals surface area contributed by atoms with Gasteiger partial charge < -0.3 is 9.47 Å². The highest BCUT2D eigenvalue weighted by atomic mass is 16.6. The lowest BCUT2D eigenvalue weighted by atomic mass is 10.2. The molecule has 1 aromatic carbocycles. The number of rotatable bonds is 5. The molecule has 0 amide bonds. The number of benzene rings is 1. The monoisotopic (exact) mass is 303 g/mol. The minimum absolute atomic E-state index is 0.0466. The molecule has 0 saturated carbocycles. The Hall–Kier alpha value is -2.32. The fourth-order valence-electron chi connectivity index (χ4n) is 1.48. The van der Waals surface area contributed by atoms with E-state index in [2.05, 4.69) is 17.2 Å². The van der Waals surface area contributed by atoms with Crippen molar-refractivity contribution in [2.45, 2.75) is 33.0 Å². The molecule has 5 nitrogen and oxygen atoms in total. The number of ether oxygens (including phenoxy) is 2. The normalized spacial score (nSPS) is 10.3. The quantitative estimate of drug-likeness (QED) is 0.388. The second kappa shape index (κ2) is 8.85. The molecule has 1 N–H and O–H groups in total. The van der Waals surface area contributed by atoms with Crippen LogP contribution >= 0.6 is 0 Å². The van der Waals surface area contributed by atoms with E-state index in [0.29, 0.717) is 0 Å². The predicted molar refractivity (Wildman–Crippen MR) is 82.7 cm³/mol. The minimum Gasteiger partial charge on any atom is -0.459 e. The van der Waals surface area contributed by atoms with E-state index in [1.54, 1.807) is 20.8 Å². The van der Waals surface area contributed by atoms with Gasteiger partial charge in [-0.05, 0) is 26.3 Å². The van der Waals surface area contributed by atoms with Crippen molar-refractivity contribution in [3.05, 3.63) is 35.9 Å². The maximum Gasteiger partial charge on any atom is 0.384 e. The third-order valence-corrected chi connectivity index (χ3v) is 2.31. The van der Waals surface area contributed by atoms with Crippen LogP contribution in [-0.2, 0) is 25.7 Å². The number of nitrogens with one attached hydrogen (secondary N) is 1. The third-order valence-electron chi connectivity index (χ3n) is 2.31. The zero-order chi connectivity index (χ0) is 16.4. The first-order chi connectivity index (χ1) is 10.4. The topological polar surface area (TPSA) is 64.6 Å². The van der Waals surface area contributed by atoms with Crippen LogP contribution in [0.3, 0.4) is 0 Å². The average molecular weight is 303 g/mol. The molecule has 0 fully saturated rings. The summed E-state index contributed by atoms with van der Waals surface area (Å²) in [6, 6.07) is 9.36. The molecular formula is C17H21NO4. The van der Waals surface area contributed by atoms with Gasteiger partial charge in [-0.1, -0.05) is 36.3 Å². The number of carbonyl (C=O) groups is 2. The molecule has 0 atom stereocenters. The Bertz CT molecular complexity index is 550. The molecule has 0 radical (unpaired) electrons. The first-order valence-corrected chi connectivity index (χ1v) is 6.99. The first-order valence-electron chi connectivity index (χ1n) is 6.99. The zero-order valence-corrected chi connectivity index (χ0v) is 13.1. The van der Waals surface area contributed by atoms with Crippen molar-refractivity contribution in [1.82, 2.24) is 5.32 Å². The van der Waals surface area contributed by atoms with E-state index in [9.17, 15) is 9.59 Å². The van der Waals surface area contributed by atoms with Crippen LogP contribution in [0.25, 0.3) is 0 Å². The molecule has 22 heavy (non-hydrogen) atoms. The summed E-state index contributed by atoms with van der Waals surface area (Å²) >= 11 is 0. The number of hydrogen-bond acceptors (Lipinski definition) is 5. The summed E-state index contributed by atoms with van der Waals surface area (Å²) in [7, 11) is 0. The van der Waals surface area contributed by atoms with E-state index in [4.69, 9.17) is 9.47 Å². The summed E-state index contributed by atoms with van der Waals surface area (Å²) in [6.07, 6.45) is 0. The highest BCUT2D eigenvalue weighted by Crippen LogP contribution is 2.06. The van der Waals surface area contributed by atoms with Gasteiger partial charge in [-0.3, -0.25) is 10.1 Å². The molecule has 0 aliphatic carbocycles. The van der Waals surface area contributed by atoms with Crippen LogP contribution < -0.4 is 5.32 Å². The summed E-state index contributed by atoms with van der Waals surface area (Å²) in [5.74, 6) is 3.99. The van der Waals surface area contributed by atoms with Crippen LogP contribution in [0.1, 0.15) is 26.3 Å². The highest BCUT2D eigenvalue weighted by Gasteiger charge is 2.15. The molecule has 118 valence electrons. The molecule has 0 heterocycles. The fraction of sp³-hybridized carbons (Fsp3) is 0.412. The van der Waals surface area contributed by atoms with Gasteiger partial charge >= 0.3 is 11.9 Å². The van der Waals surface area contributed by atoms with Crippen LogP contribution in [0.15, 0.2) is 30.3 Å². The first kappa shape index (κ1) is 17.7. The lowest BCUT2D eigenvalue weighted by Crippen LogP contribution is -2.31. The summed E-state index contributed by atoms with van der Waals surface area (Å²) in [5, 5.41) is 2.78. The third kappa shape index (κ3) is 8.77. The average Bonchev–Trinajstić information content (AvgIpc) is 2.44. The van der Waals surface area contributed by atoms with E-state index in [1.807, 2.05) is 30.3 Å². The number of esters is 2. The Morgan fingerprint density at radius 2 is 1.86 bits per heavy atom. The minimum atomic E-state index is -0.595. The summed E-state index contributed by atoms with van der Waals surface area (Å²) in [5.41, 5.74) is 0.395. The number of hydrogen-bond donors (Lipinski definition) is 1. The summed E-state index contributed by atoms with van der Waals surface area (Å²) in [6.45, 7) is 5.85. The maximum absolute atomic E-state index is 11.4. The van der Waals surface area contributed by atoms with Crippen molar-refractivity contribution >= 4 is 11.9 Å². The Morgan fingerprint density at radius 3 is 2.50 bits per heavy atom. The molecule has 0 bridgehead atoms. The van der Waals surface area contributed by atoms with Gasteiger partial charge in [0.05, 0.1) is 13.1 Å². The van der Waals surface area contributed by atoms with Gasteiger partial charge in [0.2, 0.25) is 0 Å². The van der Waals surface area contributed by atoms with Crippen LogP contribution in [0, 0.1) is 11.8 Å². The van der Waals surface area contributed by atoms with Gasteiger partial charge in [0.25, 0.3) is 0 Å². The van der Waals surface area contributed by atoms with E-state index in [0.717, 1.165) is 5.56 Å². The highest BCUT2D eigenvalue weighted by molar-refractivity contribution is 5.88. The lowest BCUT2D eigenvalue weighted by Gasteiger charge is -2.19.